The van der Waals surface area contributed by atoms with Gasteiger partial charge in [-0.25, -0.2) is 4.79 Å². The number of hydrogen-bond acceptors (Lipinski definition) is 2. The molecule has 98 valence electrons. The molecule has 0 radical (unpaired) electrons. The molecule has 0 saturated heterocycles. The Morgan fingerprint density at radius 2 is 1.41 bits per heavy atom. The average Bonchev–Trinajstić information content (AvgIpc) is 2.44. The fourth-order valence-corrected chi connectivity index (χ4v) is 0.877. The van der Waals surface area contributed by atoms with Crippen LogP contribution < -0.4 is 5.76 Å². The van der Waals surface area contributed by atoms with Gasteiger partial charge in [-0.3, -0.25) is 4.98 Å². The molecule has 0 saturated carbocycles. The van der Waals surface area contributed by atoms with Gasteiger partial charge in [-0.15, -0.1) is 0 Å². The smallest absolute Gasteiger partial charge is 0.405 e. The Morgan fingerprint density at radius 1 is 0.941 bits per heavy atom. The van der Waals surface area contributed by atoms with Crippen molar-refractivity contribution in [2.75, 3.05) is 0 Å². The van der Waals surface area contributed by atoms with Crippen LogP contribution in [0.25, 0.3) is 0 Å². The molecule has 0 atom stereocenters. The van der Waals surface area contributed by atoms with Crippen molar-refractivity contribution in [1.82, 2.24) is 4.98 Å². The molecule has 0 aliphatic heterocycles. The van der Waals surface area contributed by atoms with Gasteiger partial charge in [0.25, 0.3) is 0 Å². The van der Waals surface area contributed by atoms with Crippen LogP contribution in [0.4, 0.5) is 35.1 Å². The zero-order valence-corrected chi connectivity index (χ0v) is 7.34. The second kappa shape index (κ2) is 3.47. The molecule has 1 aromatic rings. The number of halogens is 8. The van der Waals surface area contributed by atoms with Crippen molar-refractivity contribution in [1.29, 1.82) is 0 Å². The Morgan fingerprint density at radius 3 is 1.76 bits per heavy atom. The van der Waals surface area contributed by atoms with E-state index in [1.807, 2.05) is 0 Å². The highest BCUT2D eigenvalue weighted by Crippen LogP contribution is 2.47. The van der Waals surface area contributed by atoms with Gasteiger partial charge in [-0.05, 0) is 0 Å². The van der Waals surface area contributed by atoms with Crippen molar-refractivity contribution in [3.8, 4) is 0 Å². The van der Waals surface area contributed by atoms with E-state index in [0.717, 1.165) is 4.98 Å². The van der Waals surface area contributed by atoms with Gasteiger partial charge in [0.2, 0.25) is 5.76 Å². The number of nitrogens with one attached hydrogen (secondary N) is 1. The topological polar surface area (TPSA) is 46.0 Å². The first kappa shape index (κ1) is 13.5. The Hall–Kier alpha value is -1.55. The number of rotatable bonds is 1. The predicted octanol–water partition coefficient (Wildman–Crippen LogP) is 2.64. The molecule has 0 amide bonds. The number of oxazole rings is 1. The van der Waals surface area contributed by atoms with Crippen LogP contribution in [0.5, 0.6) is 0 Å². The van der Waals surface area contributed by atoms with Crippen LogP contribution in [0.15, 0.2) is 9.21 Å². The first-order valence-electron chi connectivity index (χ1n) is 3.62. The van der Waals surface area contributed by atoms with Gasteiger partial charge in [0.15, 0.2) is 5.69 Å². The van der Waals surface area contributed by atoms with Crippen LogP contribution >= 0.6 is 0 Å². The van der Waals surface area contributed by atoms with Crippen LogP contribution in [0.2, 0.25) is 0 Å². The maximum Gasteiger partial charge on any atom is 0.461 e. The van der Waals surface area contributed by atoms with E-state index in [9.17, 15) is 39.9 Å². The molecular formula is C6HF8NO2. The molecule has 0 spiro atoms. The third-order valence-corrected chi connectivity index (χ3v) is 1.57. The number of alkyl halides is 8. The molecule has 0 bridgehead atoms. The second-order valence-electron chi connectivity index (χ2n) is 2.79. The summed E-state index contributed by atoms with van der Waals surface area (Å²) in [6.07, 6.45) is -11.9. The molecule has 1 N–H and O–H groups in total. The van der Waals surface area contributed by atoms with Crippen molar-refractivity contribution in [2.45, 2.75) is 18.3 Å². The highest BCUT2D eigenvalue weighted by atomic mass is 19.4. The Labute approximate surface area is 86.0 Å². The summed E-state index contributed by atoms with van der Waals surface area (Å²) in [5.41, 5.74) is -2.56. The number of aromatic amines is 1. The molecule has 0 aliphatic carbocycles. The monoisotopic (exact) mass is 271 g/mol. The lowest BCUT2D eigenvalue weighted by Gasteiger charge is -2.18. The summed E-state index contributed by atoms with van der Waals surface area (Å²) in [5, 5.41) is 0. The van der Waals surface area contributed by atoms with Gasteiger partial charge < -0.3 is 4.42 Å². The van der Waals surface area contributed by atoms with Gasteiger partial charge in [0.1, 0.15) is 0 Å². The minimum Gasteiger partial charge on any atom is -0.405 e. The number of hydrogen-bond donors (Lipinski definition) is 1. The third-order valence-electron chi connectivity index (χ3n) is 1.57. The Balaban J connectivity index is 3.48. The molecule has 0 unspecified atom stereocenters. The van der Waals surface area contributed by atoms with E-state index in [-0.39, 0.29) is 0 Å². The van der Waals surface area contributed by atoms with E-state index in [1.165, 1.54) is 0 Å². The Bertz CT molecular complexity index is 464. The molecule has 0 fully saturated rings. The standard InChI is InChI=1S/C6HF8NO2/c7-4(8,6(12,13)14)2-1(5(9,10)11)15-3(16)17-2/h(H,15,16). The fraction of sp³-hybridized carbons (Fsp3) is 0.500. The second-order valence-corrected chi connectivity index (χ2v) is 2.79. The molecule has 1 rings (SSSR count). The van der Waals surface area contributed by atoms with Gasteiger partial charge >= 0.3 is 24.0 Å². The van der Waals surface area contributed by atoms with Crippen LogP contribution in [-0.2, 0) is 12.1 Å². The van der Waals surface area contributed by atoms with E-state index in [1.54, 1.807) is 0 Å². The number of H-pyrrole nitrogens is 1. The third kappa shape index (κ3) is 2.26. The Kier molecular flexibility index (Phi) is 2.76. The minimum absolute atomic E-state index is 0.736. The fourth-order valence-electron chi connectivity index (χ4n) is 0.877. The maximum absolute atomic E-state index is 12.6. The summed E-state index contributed by atoms with van der Waals surface area (Å²) in [6, 6.07) is 0. The van der Waals surface area contributed by atoms with Crippen molar-refractivity contribution in [3.05, 3.63) is 22.0 Å². The molecule has 11 heteroatoms. The predicted molar refractivity (Wildman–Crippen MR) is 34.3 cm³/mol. The average molecular weight is 271 g/mol. The summed E-state index contributed by atoms with van der Waals surface area (Å²) in [6.45, 7) is 0. The van der Waals surface area contributed by atoms with E-state index < -0.39 is 35.5 Å². The summed E-state index contributed by atoms with van der Waals surface area (Å²) in [4.78, 5) is 11.0. The maximum atomic E-state index is 12.6. The van der Waals surface area contributed by atoms with E-state index >= 15 is 0 Å². The van der Waals surface area contributed by atoms with Gasteiger partial charge in [0.05, 0.1) is 0 Å². The van der Waals surface area contributed by atoms with Crippen LogP contribution in [0, 0.1) is 0 Å². The van der Waals surface area contributed by atoms with Crippen LogP contribution in [0.1, 0.15) is 11.5 Å². The lowest BCUT2D eigenvalue weighted by molar-refractivity contribution is -0.297. The minimum atomic E-state index is -6.31. The van der Waals surface area contributed by atoms with E-state index in [2.05, 4.69) is 4.42 Å². The van der Waals surface area contributed by atoms with Crippen LogP contribution in [0.3, 0.4) is 0 Å². The van der Waals surface area contributed by atoms with Crippen molar-refractivity contribution in [2.24, 2.45) is 0 Å². The SMILES string of the molecule is O=c1[nH]c(C(F)(F)F)c(C(F)(F)C(F)(F)F)o1. The van der Waals surface area contributed by atoms with E-state index in [0.29, 0.717) is 0 Å². The van der Waals surface area contributed by atoms with Crippen molar-refractivity contribution >= 4 is 0 Å². The first-order valence-corrected chi connectivity index (χ1v) is 3.62. The summed E-state index contributed by atoms with van der Waals surface area (Å²) < 4.78 is 100.0. The summed E-state index contributed by atoms with van der Waals surface area (Å²) in [5.74, 6) is -10.8. The molecule has 1 aromatic heterocycles. The summed E-state index contributed by atoms with van der Waals surface area (Å²) in [7, 11) is 0. The largest absolute Gasteiger partial charge is 0.461 e. The molecule has 3 nitrogen and oxygen atoms in total. The quantitative estimate of drug-likeness (QED) is 0.798. The normalized spacial score (nSPS) is 14.1. The van der Waals surface area contributed by atoms with Gasteiger partial charge in [0, 0.05) is 0 Å². The molecular weight excluding hydrogens is 270 g/mol. The first-order chi connectivity index (χ1) is 7.37. The van der Waals surface area contributed by atoms with Crippen molar-refractivity contribution in [3.63, 3.8) is 0 Å². The molecule has 17 heavy (non-hydrogen) atoms. The lowest BCUT2D eigenvalue weighted by Crippen LogP contribution is -2.35. The highest BCUT2D eigenvalue weighted by Gasteiger charge is 2.64. The zero-order chi connectivity index (χ0) is 13.6. The van der Waals surface area contributed by atoms with Gasteiger partial charge in [-0.1, -0.05) is 0 Å². The molecule has 0 aromatic carbocycles. The zero-order valence-electron chi connectivity index (χ0n) is 7.34. The van der Waals surface area contributed by atoms with Gasteiger partial charge in [-0.2, -0.15) is 35.1 Å². The number of aromatic nitrogens is 1. The summed E-state index contributed by atoms with van der Waals surface area (Å²) >= 11 is 0. The lowest BCUT2D eigenvalue weighted by atomic mass is 10.2. The van der Waals surface area contributed by atoms with E-state index in [4.69, 9.17) is 0 Å². The van der Waals surface area contributed by atoms with Crippen molar-refractivity contribution < 1.29 is 39.5 Å². The molecule has 0 aliphatic rings. The molecule has 1 heterocycles. The van der Waals surface area contributed by atoms with Crippen LogP contribution in [-0.4, -0.2) is 11.2 Å². The highest BCUT2D eigenvalue weighted by molar-refractivity contribution is 5.18.